The number of nitriles is 1. The molecule has 0 aromatic carbocycles. The molecule has 0 N–H and O–H groups in total. The molecule has 2 aliphatic rings. The zero-order valence-electron chi connectivity index (χ0n) is 12.9. The lowest BCUT2D eigenvalue weighted by atomic mass is 9.78. The molecule has 4 heteroatoms. The van der Waals surface area contributed by atoms with Crippen molar-refractivity contribution in [3.63, 3.8) is 0 Å². The Bertz CT molecular complexity index is 589. The number of carbonyl (C=O) groups excluding carboxylic acids is 1. The average molecular weight is 285 g/mol. The van der Waals surface area contributed by atoms with Crippen molar-refractivity contribution in [3.8, 4) is 6.07 Å². The minimum Gasteiger partial charge on any atom is -0.297 e. The molecule has 4 nitrogen and oxygen atoms in total. The molecular formula is C17H23N3O. The Morgan fingerprint density at radius 2 is 2.10 bits per heavy atom. The van der Waals surface area contributed by atoms with Crippen molar-refractivity contribution in [1.29, 1.82) is 5.26 Å². The first-order valence-electron chi connectivity index (χ1n) is 7.97. The Labute approximate surface area is 126 Å². The van der Waals surface area contributed by atoms with E-state index in [0.717, 1.165) is 12.1 Å². The van der Waals surface area contributed by atoms with Gasteiger partial charge in [0.15, 0.2) is 5.78 Å². The van der Waals surface area contributed by atoms with Gasteiger partial charge in [0.05, 0.1) is 17.8 Å². The predicted octanol–water partition coefficient (Wildman–Crippen LogP) is 3.44. The molecule has 0 amide bonds. The summed E-state index contributed by atoms with van der Waals surface area (Å²) in [4.78, 5) is 12.6. The number of Topliss-reactive ketones (excluding diaryl/α,β-unsaturated/α-hetero) is 1. The summed E-state index contributed by atoms with van der Waals surface area (Å²) in [7, 11) is 0. The van der Waals surface area contributed by atoms with E-state index in [-0.39, 0.29) is 11.2 Å². The smallest absolute Gasteiger partial charge is 0.159 e. The van der Waals surface area contributed by atoms with Crippen LogP contribution in [-0.4, -0.2) is 15.6 Å². The van der Waals surface area contributed by atoms with Crippen LogP contribution in [0.25, 0.3) is 0 Å². The van der Waals surface area contributed by atoms with Crippen molar-refractivity contribution < 1.29 is 4.79 Å². The third-order valence-corrected chi connectivity index (χ3v) is 5.29. The largest absolute Gasteiger partial charge is 0.297 e. The van der Waals surface area contributed by atoms with Crippen molar-refractivity contribution in [2.45, 2.75) is 64.8 Å². The number of ketones is 1. The molecule has 2 aliphatic carbocycles. The van der Waals surface area contributed by atoms with E-state index in [0.29, 0.717) is 18.9 Å². The summed E-state index contributed by atoms with van der Waals surface area (Å²) in [6.45, 7) is 3.90. The van der Waals surface area contributed by atoms with E-state index in [9.17, 15) is 10.1 Å². The molecule has 3 rings (SSSR count). The average Bonchev–Trinajstić information content (AvgIpc) is 3.16. The molecule has 1 heterocycles. The maximum absolute atomic E-state index is 12.6. The number of hydrogen-bond acceptors (Lipinski definition) is 3. The molecule has 0 saturated heterocycles. The van der Waals surface area contributed by atoms with Gasteiger partial charge in [-0.05, 0) is 31.7 Å². The minimum atomic E-state index is -0.863. The summed E-state index contributed by atoms with van der Waals surface area (Å²) < 4.78 is 2.04. The van der Waals surface area contributed by atoms with Crippen LogP contribution >= 0.6 is 0 Å². The first-order valence-corrected chi connectivity index (χ1v) is 7.97. The fourth-order valence-corrected chi connectivity index (χ4v) is 3.87. The second-order valence-corrected chi connectivity index (χ2v) is 7.31. The molecule has 112 valence electrons. The van der Waals surface area contributed by atoms with Crippen molar-refractivity contribution in [3.05, 3.63) is 18.0 Å². The highest BCUT2D eigenvalue weighted by Gasteiger charge is 2.52. The number of rotatable bonds is 3. The van der Waals surface area contributed by atoms with Gasteiger partial charge in [-0.3, -0.25) is 9.48 Å². The predicted molar refractivity (Wildman–Crippen MR) is 79.5 cm³/mol. The number of nitrogens with zero attached hydrogens (tertiary/aromatic N) is 3. The Balaban J connectivity index is 1.79. The summed E-state index contributed by atoms with van der Waals surface area (Å²) in [6, 6.07) is 4.80. The Hall–Kier alpha value is -1.63. The number of aromatic nitrogens is 2. The second-order valence-electron chi connectivity index (χ2n) is 7.31. The van der Waals surface area contributed by atoms with E-state index >= 15 is 0 Å². The third-order valence-electron chi connectivity index (χ3n) is 5.29. The molecule has 0 radical (unpaired) electrons. The molecule has 0 bridgehead atoms. The van der Waals surface area contributed by atoms with Gasteiger partial charge in [-0.25, -0.2) is 0 Å². The summed E-state index contributed by atoms with van der Waals surface area (Å²) >= 11 is 0. The maximum atomic E-state index is 12.6. The molecule has 1 unspecified atom stereocenters. The lowest BCUT2D eigenvalue weighted by Gasteiger charge is -2.21. The molecule has 2 saturated carbocycles. The Morgan fingerprint density at radius 3 is 2.67 bits per heavy atom. The van der Waals surface area contributed by atoms with Crippen molar-refractivity contribution in [1.82, 2.24) is 9.78 Å². The van der Waals surface area contributed by atoms with Crippen LogP contribution in [0.5, 0.6) is 0 Å². The van der Waals surface area contributed by atoms with E-state index in [1.165, 1.54) is 25.7 Å². The fraction of sp³-hybridized carbons (Fsp3) is 0.706. The monoisotopic (exact) mass is 285 g/mol. The number of hydrogen-bond donors (Lipinski definition) is 0. The van der Waals surface area contributed by atoms with Gasteiger partial charge in [0.1, 0.15) is 5.41 Å². The van der Waals surface area contributed by atoms with Crippen molar-refractivity contribution in [2.24, 2.45) is 10.8 Å². The van der Waals surface area contributed by atoms with Gasteiger partial charge in [0.2, 0.25) is 0 Å². The highest BCUT2D eigenvalue weighted by molar-refractivity contribution is 5.94. The first-order chi connectivity index (χ1) is 9.97. The van der Waals surface area contributed by atoms with Gasteiger partial charge in [-0.15, -0.1) is 0 Å². The third kappa shape index (κ3) is 2.39. The summed E-state index contributed by atoms with van der Waals surface area (Å²) in [6.07, 6.45) is 8.86. The molecule has 2 fully saturated rings. The molecular weight excluding hydrogens is 262 g/mol. The molecule has 0 aliphatic heterocycles. The lowest BCUT2D eigenvalue weighted by molar-refractivity contribution is -0.130. The SMILES string of the molecule is CC1(C)CCC(C#N)(Cc2ccn(C3CCCC3)n2)C1=O. The van der Waals surface area contributed by atoms with Gasteiger partial charge < -0.3 is 0 Å². The highest BCUT2D eigenvalue weighted by Crippen LogP contribution is 2.47. The van der Waals surface area contributed by atoms with E-state index < -0.39 is 5.41 Å². The van der Waals surface area contributed by atoms with Crippen LogP contribution in [0, 0.1) is 22.2 Å². The van der Waals surface area contributed by atoms with Crippen LogP contribution in [0.15, 0.2) is 12.3 Å². The van der Waals surface area contributed by atoms with Crippen LogP contribution < -0.4 is 0 Å². The van der Waals surface area contributed by atoms with E-state index in [1.807, 2.05) is 30.8 Å². The quantitative estimate of drug-likeness (QED) is 0.854. The summed E-state index contributed by atoms with van der Waals surface area (Å²) in [5, 5.41) is 14.2. The van der Waals surface area contributed by atoms with Gasteiger partial charge in [0.25, 0.3) is 0 Å². The summed E-state index contributed by atoms with van der Waals surface area (Å²) in [5.74, 6) is 0.0907. The van der Waals surface area contributed by atoms with Gasteiger partial charge in [-0.1, -0.05) is 26.7 Å². The van der Waals surface area contributed by atoms with Gasteiger partial charge >= 0.3 is 0 Å². The highest BCUT2D eigenvalue weighted by atomic mass is 16.1. The topological polar surface area (TPSA) is 58.7 Å². The zero-order valence-corrected chi connectivity index (χ0v) is 12.9. The van der Waals surface area contributed by atoms with Crippen LogP contribution in [0.3, 0.4) is 0 Å². The first kappa shape index (κ1) is 14.3. The fourth-order valence-electron chi connectivity index (χ4n) is 3.87. The molecule has 1 aromatic rings. The Morgan fingerprint density at radius 1 is 1.38 bits per heavy atom. The van der Waals surface area contributed by atoms with Crippen LogP contribution in [0.4, 0.5) is 0 Å². The lowest BCUT2D eigenvalue weighted by Crippen LogP contribution is -2.33. The van der Waals surface area contributed by atoms with Crippen molar-refractivity contribution >= 4 is 5.78 Å². The maximum Gasteiger partial charge on any atom is 0.159 e. The minimum absolute atomic E-state index is 0.0907. The van der Waals surface area contributed by atoms with Gasteiger partial charge in [0, 0.05) is 18.0 Å². The van der Waals surface area contributed by atoms with Crippen LogP contribution in [-0.2, 0) is 11.2 Å². The van der Waals surface area contributed by atoms with Crippen molar-refractivity contribution in [2.75, 3.05) is 0 Å². The summed E-state index contributed by atoms with van der Waals surface area (Å²) in [5.41, 5.74) is -0.350. The second kappa shape index (κ2) is 4.98. The van der Waals surface area contributed by atoms with Crippen LogP contribution in [0.2, 0.25) is 0 Å². The van der Waals surface area contributed by atoms with Gasteiger partial charge in [-0.2, -0.15) is 10.4 Å². The molecule has 0 spiro atoms. The normalized spacial score (nSPS) is 28.9. The standard InChI is InChI=1S/C17H23N3O/c1-16(2)8-9-17(12-18,15(16)21)11-13-7-10-20(19-13)14-5-3-4-6-14/h7,10,14H,3-6,8-9,11H2,1-2H3. The molecule has 21 heavy (non-hydrogen) atoms. The number of carbonyl (C=O) groups is 1. The molecule has 1 aromatic heterocycles. The van der Waals surface area contributed by atoms with E-state index in [1.54, 1.807) is 0 Å². The zero-order chi connectivity index (χ0) is 15.1. The molecule has 1 atom stereocenters. The van der Waals surface area contributed by atoms with E-state index in [2.05, 4.69) is 11.2 Å². The Kier molecular flexibility index (Phi) is 3.39. The van der Waals surface area contributed by atoms with Crippen LogP contribution in [0.1, 0.15) is 64.1 Å². The van der Waals surface area contributed by atoms with E-state index in [4.69, 9.17) is 0 Å².